The van der Waals surface area contributed by atoms with E-state index in [9.17, 15) is 4.79 Å². The molecule has 0 aliphatic carbocycles. The quantitative estimate of drug-likeness (QED) is 0.626. The fraction of sp³-hybridized carbons (Fsp3) is 0.385. The minimum absolute atomic E-state index is 0.0851. The van der Waals surface area contributed by atoms with E-state index in [0.29, 0.717) is 6.42 Å². The van der Waals surface area contributed by atoms with Crippen LogP contribution in [0.1, 0.15) is 32.6 Å². The molecular formula is C13H16N2OS2. The normalized spacial score (nSPS) is 10.7. The Labute approximate surface area is 115 Å². The van der Waals surface area contributed by atoms with Gasteiger partial charge in [-0.2, -0.15) is 0 Å². The summed E-state index contributed by atoms with van der Waals surface area (Å²) in [5.74, 6) is 0.0851. The number of hydrogen-bond donors (Lipinski definition) is 2. The van der Waals surface area contributed by atoms with Crippen LogP contribution in [0, 0.1) is 3.95 Å². The SMILES string of the molecule is CCCCCC(=O)Nc1ccc2[nH]c(=S)sc2c1. The number of benzene rings is 1. The van der Waals surface area contributed by atoms with Crippen LogP contribution < -0.4 is 5.32 Å². The zero-order chi connectivity index (χ0) is 13.0. The van der Waals surface area contributed by atoms with Crippen LogP contribution in [0.3, 0.4) is 0 Å². The minimum atomic E-state index is 0.0851. The van der Waals surface area contributed by atoms with Crippen molar-refractivity contribution in [3.63, 3.8) is 0 Å². The standard InChI is InChI=1S/C13H16N2OS2/c1-2-3-4-5-12(16)14-9-6-7-10-11(8-9)18-13(17)15-10/h6-8H,2-5H2,1H3,(H,14,16)(H,15,17). The molecule has 0 aliphatic heterocycles. The van der Waals surface area contributed by atoms with Gasteiger partial charge in [-0.15, -0.1) is 11.3 Å². The summed E-state index contributed by atoms with van der Waals surface area (Å²) < 4.78 is 1.84. The molecule has 0 spiro atoms. The Morgan fingerprint density at radius 2 is 2.28 bits per heavy atom. The Balaban J connectivity index is 2.02. The third kappa shape index (κ3) is 3.40. The van der Waals surface area contributed by atoms with Gasteiger partial charge in [0.05, 0.1) is 10.2 Å². The summed E-state index contributed by atoms with van der Waals surface area (Å²) in [6.45, 7) is 2.13. The van der Waals surface area contributed by atoms with E-state index < -0.39 is 0 Å². The topological polar surface area (TPSA) is 44.9 Å². The molecule has 1 heterocycles. The molecule has 2 N–H and O–H groups in total. The molecule has 0 atom stereocenters. The number of aromatic amines is 1. The van der Waals surface area contributed by atoms with Crippen molar-refractivity contribution >= 4 is 45.4 Å². The van der Waals surface area contributed by atoms with Crippen LogP contribution in [0.25, 0.3) is 10.2 Å². The summed E-state index contributed by atoms with van der Waals surface area (Å²) >= 11 is 6.61. The fourth-order valence-electron chi connectivity index (χ4n) is 1.78. The second-order valence-corrected chi connectivity index (χ2v) is 5.95. The summed E-state index contributed by atoms with van der Waals surface area (Å²) in [6, 6.07) is 5.81. The maximum Gasteiger partial charge on any atom is 0.224 e. The monoisotopic (exact) mass is 280 g/mol. The number of rotatable bonds is 5. The lowest BCUT2D eigenvalue weighted by atomic mass is 10.2. The number of amides is 1. The minimum Gasteiger partial charge on any atom is -0.337 e. The molecule has 0 fully saturated rings. The molecule has 96 valence electrons. The summed E-state index contributed by atoms with van der Waals surface area (Å²) in [6.07, 6.45) is 3.78. The second kappa shape index (κ2) is 6.11. The van der Waals surface area contributed by atoms with Gasteiger partial charge in [-0.05, 0) is 36.8 Å². The van der Waals surface area contributed by atoms with Gasteiger partial charge >= 0.3 is 0 Å². The number of carbonyl (C=O) groups excluding carboxylic acids is 1. The average molecular weight is 280 g/mol. The van der Waals surface area contributed by atoms with Crippen LogP contribution in [0.4, 0.5) is 5.69 Å². The Hall–Kier alpha value is -1.20. The van der Waals surface area contributed by atoms with E-state index in [-0.39, 0.29) is 5.91 Å². The van der Waals surface area contributed by atoms with Crippen LogP contribution in [0.5, 0.6) is 0 Å². The molecule has 18 heavy (non-hydrogen) atoms. The van der Waals surface area contributed by atoms with Gasteiger partial charge in [0.2, 0.25) is 5.91 Å². The predicted octanol–water partition coefficient (Wildman–Crippen LogP) is 4.48. The van der Waals surface area contributed by atoms with Crippen molar-refractivity contribution in [3.8, 4) is 0 Å². The number of fused-ring (bicyclic) bond motifs is 1. The number of hydrogen-bond acceptors (Lipinski definition) is 3. The predicted molar refractivity (Wildman–Crippen MR) is 79.8 cm³/mol. The largest absolute Gasteiger partial charge is 0.337 e. The molecule has 1 amide bonds. The third-order valence-corrected chi connectivity index (χ3v) is 3.91. The molecule has 1 aromatic heterocycles. The highest BCUT2D eigenvalue weighted by Crippen LogP contribution is 2.23. The van der Waals surface area contributed by atoms with Gasteiger partial charge in [0.1, 0.15) is 0 Å². The molecule has 5 heteroatoms. The number of carbonyl (C=O) groups is 1. The zero-order valence-electron chi connectivity index (χ0n) is 10.3. The Kier molecular flexibility index (Phi) is 4.49. The highest BCUT2D eigenvalue weighted by Gasteiger charge is 2.04. The first kappa shape index (κ1) is 13.2. The van der Waals surface area contributed by atoms with Crippen molar-refractivity contribution in [2.75, 3.05) is 5.32 Å². The van der Waals surface area contributed by atoms with Crippen molar-refractivity contribution in [2.24, 2.45) is 0 Å². The summed E-state index contributed by atoms with van der Waals surface area (Å²) in [5, 5.41) is 2.92. The van der Waals surface area contributed by atoms with Crippen molar-refractivity contribution in [1.82, 2.24) is 4.98 Å². The molecule has 3 nitrogen and oxygen atoms in total. The van der Waals surface area contributed by atoms with Gasteiger partial charge in [-0.3, -0.25) is 4.79 Å². The van der Waals surface area contributed by atoms with E-state index in [1.54, 1.807) is 0 Å². The molecule has 0 bridgehead atoms. The highest BCUT2D eigenvalue weighted by molar-refractivity contribution is 7.73. The first-order valence-electron chi connectivity index (χ1n) is 6.12. The Morgan fingerprint density at radius 1 is 1.44 bits per heavy atom. The molecule has 0 saturated heterocycles. The molecule has 2 rings (SSSR count). The average Bonchev–Trinajstić information content (AvgIpc) is 2.69. The zero-order valence-corrected chi connectivity index (χ0v) is 11.9. The second-order valence-electron chi connectivity index (χ2n) is 4.23. The molecule has 0 unspecified atom stereocenters. The number of aromatic nitrogens is 1. The lowest BCUT2D eigenvalue weighted by Gasteiger charge is -2.04. The van der Waals surface area contributed by atoms with Crippen molar-refractivity contribution in [3.05, 3.63) is 22.2 Å². The van der Waals surface area contributed by atoms with Crippen LogP contribution in [-0.2, 0) is 4.79 Å². The Morgan fingerprint density at radius 3 is 3.06 bits per heavy atom. The van der Waals surface area contributed by atoms with E-state index in [0.717, 1.165) is 39.1 Å². The first-order chi connectivity index (χ1) is 8.69. The van der Waals surface area contributed by atoms with E-state index in [4.69, 9.17) is 12.2 Å². The number of H-pyrrole nitrogens is 1. The van der Waals surface area contributed by atoms with E-state index in [1.807, 2.05) is 18.2 Å². The van der Waals surface area contributed by atoms with Gasteiger partial charge in [0.15, 0.2) is 3.95 Å². The molecule has 0 saturated carbocycles. The first-order valence-corrected chi connectivity index (χ1v) is 7.34. The van der Waals surface area contributed by atoms with Crippen LogP contribution >= 0.6 is 23.6 Å². The van der Waals surface area contributed by atoms with Gasteiger partial charge < -0.3 is 10.3 Å². The molecule has 0 aliphatic rings. The van der Waals surface area contributed by atoms with E-state index >= 15 is 0 Å². The number of thiazole rings is 1. The van der Waals surface area contributed by atoms with Crippen LogP contribution in [0.15, 0.2) is 18.2 Å². The number of unbranched alkanes of at least 4 members (excludes halogenated alkanes) is 2. The van der Waals surface area contributed by atoms with Gasteiger partial charge in [-0.25, -0.2) is 0 Å². The molecule has 2 aromatic rings. The summed E-state index contributed by atoms with van der Waals surface area (Å²) in [7, 11) is 0. The van der Waals surface area contributed by atoms with Gasteiger partial charge in [0.25, 0.3) is 0 Å². The van der Waals surface area contributed by atoms with Crippen LogP contribution in [-0.4, -0.2) is 10.9 Å². The van der Waals surface area contributed by atoms with Crippen molar-refractivity contribution in [2.45, 2.75) is 32.6 Å². The fourth-order valence-corrected chi connectivity index (χ4v) is 2.94. The van der Waals surface area contributed by atoms with Crippen LogP contribution in [0.2, 0.25) is 0 Å². The highest BCUT2D eigenvalue weighted by atomic mass is 32.1. The molecule has 0 radical (unpaired) electrons. The summed E-state index contributed by atoms with van der Waals surface area (Å²) in [5.41, 5.74) is 1.86. The Bertz CT molecular complexity index is 600. The lowest BCUT2D eigenvalue weighted by molar-refractivity contribution is -0.116. The number of anilines is 1. The smallest absolute Gasteiger partial charge is 0.224 e. The van der Waals surface area contributed by atoms with Crippen molar-refractivity contribution in [1.29, 1.82) is 0 Å². The maximum atomic E-state index is 11.7. The lowest BCUT2D eigenvalue weighted by Crippen LogP contribution is -2.10. The third-order valence-electron chi connectivity index (χ3n) is 2.71. The maximum absolute atomic E-state index is 11.7. The van der Waals surface area contributed by atoms with E-state index in [1.165, 1.54) is 11.3 Å². The molecular weight excluding hydrogens is 264 g/mol. The number of nitrogens with one attached hydrogen (secondary N) is 2. The molecule has 1 aromatic carbocycles. The summed E-state index contributed by atoms with van der Waals surface area (Å²) in [4.78, 5) is 14.8. The van der Waals surface area contributed by atoms with E-state index in [2.05, 4.69) is 17.2 Å². The van der Waals surface area contributed by atoms with Crippen molar-refractivity contribution < 1.29 is 4.79 Å². The van der Waals surface area contributed by atoms with Gasteiger partial charge in [-0.1, -0.05) is 19.8 Å². The van der Waals surface area contributed by atoms with Gasteiger partial charge in [0, 0.05) is 12.1 Å².